The van der Waals surface area contributed by atoms with E-state index in [4.69, 9.17) is 0 Å². The third kappa shape index (κ3) is 1.48. The molecule has 0 N–H and O–H groups in total. The Kier molecular flexibility index (Phi) is 4.32. The van der Waals surface area contributed by atoms with Crippen molar-refractivity contribution in [3.8, 4) is 0 Å². The SMILES string of the molecule is BC(BCCC)(CC)C1(B)C(B)(B)C2(B)C(B)(B)C(B)(B)C23C(B)(B)C13B. The molecule has 0 aromatic rings. The molecule has 3 saturated carbocycles. The lowest BCUT2D eigenvalue weighted by Gasteiger charge is -2.81. The second kappa shape index (κ2) is 5.18. The van der Waals surface area contributed by atoms with Crippen molar-refractivity contribution in [1.82, 2.24) is 0 Å². The molecule has 1 spiro atoms. The van der Waals surface area contributed by atoms with Gasteiger partial charge in [0.15, 0.2) is 0 Å². The minimum absolute atomic E-state index is 0.307. The van der Waals surface area contributed by atoms with Crippen molar-refractivity contribution in [2.45, 2.75) is 75.0 Å². The Hall–Kier alpha value is 0.844. The molecule has 0 aromatic heterocycles. The Balaban J connectivity index is 2.37. The van der Waals surface area contributed by atoms with Gasteiger partial charge in [0.1, 0.15) is 30.8 Å². The van der Waals surface area contributed by atoms with Gasteiger partial charge < -0.3 is 0 Å². The van der Waals surface area contributed by atoms with Gasteiger partial charge >= 0.3 is 0 Å². The van der Waals surface area contributed by atoms with Crippen LogP contribution in [0.5, 0.6) is 0 Å². The van der Waals surface area contributed by atoms with Gasteiger partial charge in [-0.2, -0.15) is 0 Å². The summed E-state index contributed by atoms with van der Waals surface area (Å²) in [5.74, 6) is 0. The predicted octanol–water partition coefficient (Wildman–Crippen LogP) is -7.66. The summed E-state index contributed by atoms with van der Waals surface area (Å²) in [7, 11) is 33.2. The van der Waals surface area contributed by atoms with Crippen molar-refractivity contribution in [2.75, 3.05) is 0 Å². The molecule has 0 aliphatic heterocycles. The van der Waals surface area contributed by atoms with Gasteiger partial charge in [0.25, 0.3) is 0 Å². The van der Waals surface area contributed by atoms with Crippen molar-refractivity contribution in [3.05, 3.63) is 0 Å². The molecular weight excluding hydrogens is 309 g/mol. The maximum Gasteiger partial charge on any atom is 0.118 e. The highest BCUT2D eigenvalue weighted by Gasteiger charge is 3.04. The fraction of sp³-hybridized carbons (Fsp3) is 1.00. The monoisotopic (exact) mass is 348 g/mol. The van der Waals surface area contributed by atoms with Crippen LogP contribution in [0.15, 0.2) is 0 Å². The molecule has 0 nitrogen and oxygen atoms in total. The summed E-state index contributed by atoms with van der Waals surface area (Å²) in [6.07, 6.45) is 3.97. The maximum atomic E-state index is 2.73. The first kappa shape index (κ1) is 22.5. The lowest BCUT2D eigenvalue weighted by molar-refractivity contribution is 0.115. The van der Waals surface area contributed by atoms with Crippen molar-refractivity contribution < 1.29 is 0 Å². The molecule has 0 saturated heterocycles. The van der Waals surface area contributed by atoms with Crippen molar-refractivity contribution in [1.29, 1.82) is 0 Å². The highest BCUT2D eigenvalue weighted by Crippen LogP contribution is 3.21. The largest absolute Gasteiger partial charge is 0.118 e. The van der Waals surface area contributed by atoms with E-state index in [0.717, 1.165) is 0 Å². The van der Waals surface area contributed by atoms with Crippen LogP contribution in [-0.4, -0.2) is 101 Å². The average molecular weight is 346 g/mol. The Morgan fingerprint density at radius 2 is 1.15 bits per heavy atom. The van der Waals surface area contributed by atoms with Crippen LogP contribution < -0.4 is 0 Å². The summed E-state index contributed by atoms with van der Waals surface area (Å²) >= 11 is 0. The van der Waals surface area contributed by atoms with E-state index in [-0.39, 0.29) is 0 Å². The standard InChI is InChI=1S/C14H37B13/c1-3-5-27-6(15,4-2)8(16)9(17)7(11(9,19)20)10(18,13(8,23)24)14(25,26)12(7,21)22/h27H,3-5,15-26H2,1-2H3. The second-order valence-corrected chi connectivity index (χ2v) is 13.6. The maximum absolute atomic E-state index is 2.73. The zero-order valence-corrected chi connectivity index (χ0v) is 21.3. The average Bonchev–Trinajstić information content (AvgIpc) is 2.96. The summed E-state index contributed by atoms with van der Waals surface area (Å²) in [6, 6.07) is 0. The van der Waals surface area contributed by atoms with E-state index in [1.807, 2.05) is 0 Å². The van der Waals surface area contributed by atoms with Crippen LogP contribution in [0.25, 0.3) is 0 Å². The molecule has 3 aliphatic rings. The van der Waals surface area contributed by atoms with Crippen molar-refractivity contribution >= 4 is 101 Å². The van der Waals surface area contributed by atoms with Gasteiger partial charge in [-0.05, 0) is 0 Å². The Morgan fingerprint density at radius 3 is 1.52 bits per heavy atom. The van der Waals surface area contributed by atoms with Gasteiger partial charge in [-0.1, -0.05) is 80.4 Å². The molecule has 0 amide bonds. The normalized spacial score (nSPS) is 49.0. The van der Waals surface area contributed by atoms with Crippen LogP contribution in [0.2, 0.25) is 48.3 Å². The second-order valence-electron chi connectivity index (χ2n) is 13.6. The first-order valence-corrected chi connectivity index (χ1v) is 11.9. The molecular formula is C14H37B13. The lowest BCUT2D eigenvalue weighted by Crippen LogP contribution is -2.68. The molecule has 0 bridgehead atoms. The molecule has 3 fully saturated rings. The third-order valence-corrected chi connectivity index (χ3v) is 13.9. The van der Waals surface area contributed by atoms with Crippen LogP contribution in [0.3, 0.4) is 0 Å². The first-order chi connectivity index (χ1) is 11.9. The first-order valence-electron chi connectivity index (χ1n) is 11.9. The summed E-state index contributed by atoms with van der Waals surface area (Å²) in [5, 5.41) is 2.84. The zero-order chi connectivity index (χ0) is 21.3. The van der Waals surface area contributed by atoms with Crippen molar-refractivity contribution in [2.24, 2.45) is 5.41 Å². The summed E-state index contributed by atoms with van der Waals surface area (Å²) < 4.78 is 0. The van der Waals surface area contributed by atoms with E-state index in [9.17, 15) is 0 Å². The van der Waals surface area contributed by atoms with Crippen LogP contribution >= 0.6 is 0 Å². The number of hydrogen-bond donors (Lipinski definition) is 0. The topological polar surface area (TPSA) is 0 Å². The van der Waals surface area contributed by atoms with E-state index in [1.54, 1.807) is 0 Å². The molecule has 5 atom stereocenters. The van der Waals surface area contributed by atoms with Crippen LogP contribution in [0.1, 0.15) is 26.7 Å². The Morgan fingerprint density at radius 1 is 0.667 bits per heavy atom. The highest BCUT2D eigenvalue weighted by atomic mass is 15.0. The smallest absolute Gasteiger partial charge is 0.0938 e. The minimum atomic E-state index is 0.307. The van der Waals surface area contributed by atoms with Gasteiger partial charge in [-0.3, -0.25) is 0 Å². The van der Waals surface area contributed by atoms with Gasteiger partial charge in [-0.15, -0.1) is 0 Å². The van der Waals surface area contributed by atoms with Crippen LogP contribution in [0, 0.1) is 5.41 Å². The molecule has 0 aromatic carbocycles. The number of hydrogen-bond acceptors (Lipinski definition) is 0. The van der Waals surface area contributed by atoms with E-state index in [0.29, 0.717) is 47.4 Å². The predicted molar refractivity (Wildman–Crippen MR) is 159 cm³/mol. The summed E-state index contributed by atoms with van der Waals surface area (Å²) in [5.41, 5.74) is 0.421. The van der Waals surface area contributed by atoms with E-state index < -0.39 is 0 Å². The molecule has 3 rings (SSSR count). The van der Waals surface area contributed by atoms with Gasteiger partial charge in [0, 0.05) is 0 Å². The Labute approximate surface area is 181 Å². The van der Waals surface area contributed by atoms with Crippen molar-refractivity contribution in [3.63, 3.8) is 0 Å². The number of rotatable bonds is 5. The molecule has 132 valence electrons. The van der Waals surface area contributed by atoms with E-state index in [2.05, 4.69) is 108 Å². The Bertz CT molecular complexity index is 690. The van der Waals surface area contributed by atoms with Gasteiger partial charge in [0.05, 0.1) is 70.6 Å². The van der Waals surface area contributed by atoms with E-state index >= 15 is 0 Å². The summed E-state index contributed by atoms with van der Waals surface area (Å²) in [4.78, 5) is 0. The highest BCUT2D eigenvalue weighted by molar-refractivity contribution is 6.73. The molecule has 27 heavy (non-hydrogen) atoms. The fourth-order valence-electron chi connectivity index (χ4n) is 11.8. The quantitative estimate of drug-likeness (QED) is 0.434. The molecule has 5 unspecified atom stereocenters. The molecule has 13 heteroatoms. The molecule has 0 heterocycles. The molecule has 3 aliphatic carbocycles. The van der Waals surface area contributed by atoms with Crippen LogP contribution in [-0.2, 0) is 0 Å². The summed E-state index contributed by atoms with van der Waals surface area (Å²) in [6.45, 7) is 4.83. The van der Waals surface area contributed by atoms with E-state index in [1.165, 1.54) is 26.4 Å². The van der Waals surface area contributed by atoms with Gasteiger partial charge in [-0.25, -0.2) is 0 Å². The minimum Gasteiger partial charge on any atom is -0.0938 e. The van der Waals surface area contributed by atoms with Gasteiger partial charge in [0.2, 0.25) is 0 Å². The lowest BCUT2D eigenvalue weighted by atomic mass is 8.99. The zero-order valence-electron chi connectivity index (χ0n) is 21.3. The fourth-order valence-corrected chi connectivity index (χ4v) is 11.8. The third-order valence-electron chi connectivity index (χ3n) is 13.9. The molecule has 0 radical (unpaired) electrons. The van der Waals surface area contributed by atoms with Crippen LogP contribution in [0.4, 0.5) is 0 Å².